The van der Waals surface area contributed by atoms with Gasteiger partial charge >= 0.3 is 0 Å². The number of carbonyl (C=O) groups excluding carboxylic acids is 2. The van der Waals surface area contributed by atoms with Crippen molar-refractivity contribution in [2.24, 2.45) is 0 Å². The number of imide groups is 1. The van der Waals surface area contributed by atoms with Gasteiger partial charge < -0.3 is 9.84 Å². The van der Waals surface area contributed by atoms with Crippen LogP contribution in [-0.4, -0.2) is 36.0 Å². The summed E-state index contributed by atoms with van der Waals surface area (Å²) in [4.78, 5) is 24.5. The first kappa shape index (κ1) is 10.5. The van der Waals surface area contributed by atoms with Crippen molar-refractivity contribution in [3.8, 4) is 11.5 Å². The maximum atomic E-state index is 11.8. The lowest BCUT2D eigenvalue weighted by atomic mass is 10.0. The summed E-state index contributed by atoms with van der Waals surface area (Å²) < 4.78 is 4.99. The van der Waals surface area contributed by atoms with Crippen LogP contribution in [0.4, 0.5) is 0 Å². The molecule has 0 radical (unpaired) electrons. The molecule has 0 spiro atoms. The van der Waals surface area contributed by atoms with Gasteiger partial charge in [0.25, 0.3) is 11.8 Å². The van der Waals surface area contributed by atoms with Gasteiger partial charge in [0, 0.05) is 7.05 Å². The van der Waals surface area contributed by atoms with Gasteiger partial charge in [0.05, 0.1) is 18.2 Å². The van der Waals surface area contributed by atoms with Gasteiger partial charge in [-0.1, -0.05) is 0 Å². The number of nitrogens with zero attached hydrogens (tertiary/aromatic N) is 1. The fourth-order valence-corrected chi connectivity index (χ4v) is 1.80. The summed E-state index contributed by atoms with van der Waals surface area (Å²) in [7, 11) is 2.75. The Hall–Kier alpha value is -2.04. The van der Waals surface area contributed by atoms with Crippen LogP contribution in [0.5, 0.6) is 11.5 Å². The zero-order valence-corrected chi connectivity index (χ0v) is 9.20. The Morgan fingerprint density at radius 2 is 1.94 bits per heavy atom. The highest BCUT2D eigenvalue weighted by Gasteiger charge is 2.37. The van der Waals surface area contributed by atoms with Crippen molar-refractivity contribution in [2.45, 2.75) is 6.92 Å². The molecule has 0 aromatic heterocycles. The quantitative estimate of drug-likeness (QED) is 0.716. The molecule has 0 aliphatic carbocycles. The first-order valence-corrected chi connectivity index (χ1v) is 4.72. The van der Waals surface area contributed by atoms with E-state index in [1.54, 1.807) is 6.92 Å². The molecule has 0 atom stereocenters. The van der Waals surface area contributed by atoms with Crippen LogP contribution >= 0.6 is 0 Å². The van der Waals surface area contributed by atoms with E-state index in [9.17, 15) is 14.7 Å². The van der Waals surface area contributed by atoms with Crippen molar-refractivity contribution in [2.75, 3.05) is 14.2 Å². The number of hydrogen-bond donors (Lipinski definition) is 1. The number of methoxy groups -OCH3 is 1. The van der Waals surface area contributed by atoms with Crippen LogP contribution in [0.15, 0.2) is 6.07 Å². The number of rotatable bonds is 1. The summed E-state index contributed by atoms with van der Waals surface area (Å²) in [5.74, 6) is -0.857. The molecule has 0 fully saturated rings. The van der Waals surface area contributed by atoms with E-state index < -0.39 is 5.91 Å². The highest BCUT2D eigenvalue weighted by Crippen LogP contribution is 2.39. The first-order chi connectivity index (χ1) is 7.49. The van der Waals surface area contributed by atoms with Gasteiger partial charge in [-0.15, -0.1) is 0 Å². The number of hydrogen-bond acceptors (Lipinski definition) is 4. The van der Waals surface area contributed by atoms with E-state index in [0.29, 0.717) is 5.56 Å². The predicted octanol–water partition coefficient (Wildman–Crippen LogP) is 0.935. The molecule has 0 saturated carbocycles. The second kappa shape index (κ2) is 3.23. The van der Waals surface area contributed by atoms with Crippen LogP contribution in [-0.2, 0) is 0 Å². The van der Waals surface area contributed by atoms with Crippen molar-refractivity contribution in [1.82, 2.24) is 4.90 Å². The second-order valence-electron chi connectivity index (χ2n) is 3.67. The summed E-state index contributed by atoms with van der Waals surface area (Å²) >= 11 is 0. The predicted molar refractivity (Wildman–Crippen MR) is 55.8 cm³/mol. The summed E-state index contributed by atoms with van der Waals surface area (Å²) in [5.41, 5.74) is 0.921. The first-order valence-electron chi connectivity index (χ1n) is 4.72. The molecular formula is C11H11NO4. The molecule has 84 valence electrons. The van der Waals surface area contributed by atoms with E-state index in [2.05, 4.69) is 0 Å². The molecule has 1 aromatic rings. The van der Waals surface area contributed by atoms with Gasteiger partial charge in [-0.3, -0.25) is 14.5 Å². The number of aryl methyl sites for hydroxylation is 1. The Morgan fingerprint density at radius 3 is 2.50 bits per heavy atom. The average Bonchev–Trinajstić information content (AvgIpc) is 2.46. The Labute approximate surface area is 92.2 Å². The minimum atomic E-state index is -0.452. The molecule has 1 heterocycles. The maximum Gasteiger partial charge on any atom is 0.265 e. The van der Waals surface area contributed by atoms with Crippen molar-refractivity contribution in [1.29, 1.82) is 0 Å². The van der Waals surface area contributed by atoms with E-state index in [0.717, 1.165) is 4.90 Å². The summed E-state index contributed by atoms with van der Waals surface area (Å²) in [6.45, 7) is 1.65. The van der Waals surface area contributed by atoms with Crippen LogP contribution < -0.4 is 4.74 Å². The van der Waals surface area contributed by atoms with Crippen molar-refractivity contribution in [3.63, 3.8) is 0 Å². The third-order valence-corrected chi connectivity index (χ3v) is 2.70. The van der Waals surface area contributed by atoms with Gasteiger partial charge in [0.2, 0.25) is 0 Å². The van der Waals surface area contributed by atoms with Gasteiger partial charge in [0.1, 0.15) is 0 Å². The van der Waals surface area contributed by atoms with Gasteiger partial charge in [-0.2, -0.15) is 0 Å². The number of aromatic hydroxyl groups is 1. The minimum Gasteiger partial charge on any atom is -0.504 e. The molecule has 1 aliphatic rings. The van der Waals surface area contributed by atoms with E-state index >= 15 is 0 Å². The molecule has 1 aliphatic heterocycles. The molecule has 2 rings (SSSR count). The summed E-state index contributed by atoms with van der Waals surface area (Å²) in [6.07, 6.45) is 0. The SMILES string of the molecule is COc1c(O)c(C)cc2c1C(=O)N(C)C2=O. The van der Waals surface area contributed by atoms with Gasteiger partial charge in [0.15, 0.2) is 11.5 Å². The number of phenolic OH excluding ortho intramolecular Hbond substituents is 1. The zero-order chi connectivity index (χ0) is 12.0. The number of carbonyl (C=O) groups is 2. The molecule has 5 nitrogen and oxygen atoms in total. The van der Waals surface area contributed by atoms with E-state index in [1.165, 1.54) is 20.2 Å². The Bertz CT molecular complexity index is 507. The molecule has 5 heteroatoms. The summed E-state index contributed by atoms with van der Waals surface area (Å²) in [6, 6.07) is 1.50. The highest BCUT2D eigenvalue weighted by molar-refractivity contribution is 6.22. The van der Waals surface area contributed by atoms with E-state index in [1.807, 2.05) is 0 Å². The topological polar surface area (TPSA) is 66.8 Å². The Kier molecular flexibility index (Phi) is 2.11. The molecular weight excluding hydrogens is 210 g/mol. The normalized spacial score (nSPS) is 14.3. The molecule has 1 aromatic carbocycles. The molecule has 1 N–H and O–H groups in total. The van der Waals surface area contributed by atoms with E-state index in [4.69, 9.17) is 4.74 Å². The number of benzene rings is 1. The number of amides is 2. The molecule has 0 saturated heterocycles. The van der Waals surface area contributed by atoms with Gasteiger partial charge in [-0.25, -0.2) is 0 Å². The second-order valence-corrected chi connectivity index (χ2v) is 3.67. The molecule has 0 bridgehead atoms. The minimum absolute atomic E-state index is 0.0673. The van der Waals surface area contributed by atoms with Crippen LogP contribution in [0, 0.1) is 6.92 Å². The number of ether oxygens (including phenoxy) is 1. The third kappa shape index (κ3) is 1.11. The Morgan fingerprint density at radius 1 is 1.31 bits per heavy atom. The van der Waals surface area contributed by atoms with Crippen LogP contribution in [0.25, 0.3) is 0 Å². The lowest BCUT2D eigenvalue weighted by Crippen LogP contribution is -2.24. The Balaban J connectivity index is 2.81. The lowest BCUT2D eigenvalue weighted by Gasteiger charge is -2.09. The largest absolute Gasteiger partial charge is 0.504 e. The lowest BCUT2D eigenvalue weighted by molar-refractivity contribution is 0.0692. The smallest absolute Gasteiger partial charge is 0.265 e. The van der Waals surface area contributed by atoms with Crippen LogP contribution in [0.1, 0.15) is 26.3 Å². The number of phenols is 1. The van der Waals surface area contributed by atoms with Crippen LogP contribution in [0.2, 0.25) is 0 Å². The van der Waals surface area contributed by atoms with Crippen molar-refractivity contribution in [3.05, 3.63) is 22.8 Å². The molecule has 0 unspecified atom stereocenters. The fourth-order valence-electron chi connectivity index (χ4n) is 1.80. The summed E-state index contributed by atoms with van der Waals surface area (Å²) in [5, 5.41) is 9.74. The van der Waals surface area contributed by atoms with Gasteiger partial charge in [-0.05, 0) is 18.6 Å². The highest BCUT2D eigenvalue weighted by atomic mass is 16.5. The van der Waals surface area contributed by atoms with Crippen molar-refractivity contribution < 1.29 is 19.4 Å². The van der Waals surface area contributed by atoms with Crippen molar-refractivity contribution >= 4 is 11.8 Å². The third-order valence-electron chi connectivity index (χ3n) is 2.70. The molecule has 16 heavy (non-hydrogen) atoms. The van der Waals surface area contributed by atoms with Crippen LogP contribution in [0.3, 0.4) is 0 Å². The maximum absolute atomic E-state index is 11.8. The molecule has 2 amide bonds. The monoisotopic (exact) mass is 221 g/mol. The fraction of sp³-hybridized carbons (Fsp3) is 0.273. The average molecular weight is 221 g/mol. The van der Waals surface area contributed by atoms with E-state index in [-0.39, 0.29) is 28.5 Å². The zero-order valence-electron chi connectivity index (χ0n) is 9.20. The number of fused-ring (bicyclic) bond motifs is 1. The standard InChI is InChI=1S/C11H11NO4/c1-5-4-6-7(9(16-3)8(5)13)11(15)12(2)10(6)14/h4,13H,1-3H3.